The molecule has 0 aliphatic heterocycles. The van der Waals surface area contributed by atoms with Gasteiger partial charge in [-0.1, -0.05) is 17.3 Å². The fraction of sp³-hybridized carbons (Fsp3) is 0.429. The summed E-state index contributed by atoms with van der Waals surface area (Å²) in [5.74, 6) is 1.61. The first-order valence-electron chi connectivity index (χ1n) is 9.05. The number of oxime groups is 1. The van der Waals surface area contributed by atoms with Crippen molar-refractivity contribution in [2.75, 3.05) is 20.3 Å². The summed E-state index contributed by atoms with van der Waals surface area (Å²) in [6.45, 7) is 9.21. The average molecular weight is 371 g/mol. The minimum Gasteiger partial charge on any atom is -0.490 e. The Kier molecular flexibility index (Phi) is 7.46. The van der Waals surface area contributed by atoms with Crippen molar-refractivity contribution in [3.05, 3.63) is 52.7 Å². The van der Waals surface area contributed by atoms with Crippen molar-refractivity contribution in [1.82, 2.24) is 9.78 Å². The van der Waals surface area contributed by atoms with Crippen molar-refractivity contribution in [2.45, 2.75) is 34.1 Å². The van der Waals surface area contributed by atoms with Crippen LogP contribution in [-0.2, 0) is 18.3 Å². The minimum atomic E-state index is 0.569. The van der Waals surface area contributed by atoms with Crippen LogP contribution in [0.15, 0.2) is 35.5 Å². The average Bonchev–Trinajstić information content (AvgIpc) is 2.99. The third kappa shape index (κ3) is 5.61. The van der Waals surface area contributed by atoms with E-state index in [1.54, 1.807) is 4.68 Å². The highest BCUT2D eigenvalue weighted by Crippen LogP contribution is 2.23. The van der Waals surface area contributed by atoms with Crippen LogP contribution in [-0.4, -0.2) is 35.8 Å². The van der Waals surface area contributed by atoms with Gasteiger partial charge in [0.25, 0.3) is 0 Å². The number of allylic oxidation sites excluding steroid dienone is 1. The number of benzene rings is 1. The predicted molar refractivity (Wildman–Crippen MR) is 108 cm³/mol. The second kappa shape index (κ2) is 9.80. The molecule has 0 saturated heterocycles. The molecule has 0 atom stereocenters. The quantitative estimate of drug-likeness (QED) is 0.380. The van der Waals surface area contributed by atoms with Gasteiger partial charge in [-0.05, 0) is 56.5 Å². The Balaban J connectivity index is 2.00. The first-order chi connectivity index (χ1) is 13.0. The van der Waals surface area contributed by atoms with Gasteiger partial charge in [0.1, 0.15) is 30.9 Å². The normalized spacial score (nSPS) is 11.9. The molecule has 2 rings (SSSR count). The topological polar surface area (TPSA) is 57.9 Å². The van der Waals surface area contributed by atoms with E-state index in [0.717, 1.165) is 17.9 Å². The van der Waals surface area contributed by atoms with Crippen LogP contribution in [0.4, 0.5) is 0 Å². The molecule has 0 fully saturated rings. The standard InChI is InChI=1S/C21H29N3O3/c1-7-8-10-26-18-12-15(2)19(16(3)13-18)9-11-27-21-14-20(22-24(21)5)17(4)23-25-6/h7-8,12-14H,9-11H2,1-6H3/b8-7+,23-17+. The zero-order valence-electron chi connectivity index (χ0n) is 17.1. The van der Waals surface area contributed by atoms with Crippen molar-refractivity contribution in [1.29, 1.82) is 0 Å². The van der Waals surface area contributed by atoms with E-state index in [1.165, 1.54) is 23.8 Å². The molecule has 0 aliphatic carbocycles. The van der Waals surface area contributed by atoms with Crippen LogP contribution in [0.25, 0.3) is 0 Å². The van der Waals surface area contributed by atoms with Gasteiger partial charge in [-0.3, -0.25) is 0 Å². The molecule has 27 heavy (non-hydrogen) atoms. The maximum absolute atomic E-state index is 5.93. The van der Waals surface area contributed by atoms with Gasteiger partial charge in [0.15, 0.2) is 0 Å². The van der Waals surface area contributed by atoms with E-state index in [4.69, 9.17) is 14.3 Å². The summed E-state index contributed by atoms with van der Waals surface area (Å²) in [6.07, 6.45) is 4.80. The van der Waals surface area contributed by atoms with Crippen LogP contribution < -0.4 is 9.47 Å². The summed E-state index contributed by atoms with van der Waals surface area (Å²) in [7, 11) is 3.37. The molecule has 0 unspecified atom stereocenters. The number of rotatable bonds is 9. The van der Waals surface area contributed by atoms with Crippen LogP contribution in [0.2, 0.25) is 0 Å². The first-order valence-corrected chi connectivity index (χ1v) is 9.05. The summed E-state index contributed by atoms with van der Waals surface area (Å²) in [5.41, 5.74) is 5.16. The van der Waals surface area contributed by atoms with E-state index in [1.807, 2.05) is 39.1 Å². The minimum absolute atomic E-state index is 0.569. The van der Waals surface area contributed by atoms with Gasteiger partial charge in [-0.25, -0.2) is 4.68 Å². The molecule has 0 bridgehead atoms. The van der Waals surface area contributed by atoms with Crippen molar-refractivity contribution < 1.29 is 14.3 Å². The van der Waals surface area contributed by atoms with Crippen LogP contribution in [0.1, 0.15) is 36.2 Å². The molecule has 146 valence electrons. The zero-order chi connectivity index (χ0) is 19.8. The van der Waals surface area contributed by atoms with Crippen LogP contribution in [0.5, 0.6) is 11.6 Å². The van der Waals surface area contributed by atoms with Gasteiger partial charge < -0.3 is 14.3 Å². The van der Waals surface area contributed by atoms with E-state index in [2.05, 4.69) is 36.2 Å². The van der Waals surface area contributed by atoms with Gasteiger partial charge in [0, 0.05) is 19.5 Å². The lowest BCUT2D eigenvalue weighted by Crippen LogP contribution is -2.07. The smallest absolute Gasteiger partial charge is 0.212 e. The number of aryl methyl sites for hydroxylation is 3. The van der Waals surface area contributed by atoms with Crippen molar-refractivity contribution >= 4 is 5.71 Å². The highest BCUT2D eigenvalue weighted by molar-refractivity contribution is 5.96. The van der Waals surface area contributed by atoms with E-state index in [9.17, 15) is 0 Å². The van der Waals surface area contributed by atoms with Crippen LogP contribution in [0.3, 0.4) is 0 Å². The third-order valence-electron chi connectivity index (χ3n) is 4.29. The highest BCUT2D eigenvalue weighted by Gasteiger charge is 2.11. The van der Waals surface area contributed by atoms with Crippen molar-refractivity contribution in [2.24, 2.45) is 12.2 Å². The van der Waals surface area contributed by atoms with Gasteiger partial charge in [-0.2, -0.15) is 5.10 Å². The Hall–Kier alpha value is -2.76. The Labute approximate surface area is 161 Å². The number of ether oxygens (including phenoxy) is 2. The zero-order valence-corrected chi connectivity index (χ0v) is 17.1. The molecule has 6 nitrogen and oxygen atoms in total. The largest absolute Gasteiger partial charge is 0.490 e. The number of nitrogens with zero attached hydrogens (tertiary/aromatic N) is 3. The van der Waals surface area contributed by atoms with Gasteiger partial charge >= 0.3 is 0 Å². The molecule has 1 aromatic heterocycles. The Morgan fingerprint density at radius 2 is 1.89 bits per heavy atom. The lowest BCUT2D eigenvalue weighted by molar-refractivity contribution is 0.213. The first kappa shape index (κ1) is 20.6. The molecule has 0 aliphatic rings. The van der Waals surface area contributed by atoms with Crippen molar-refractivity contribution in [3.8, 4) is 11.6 Å². The van der Waals surface area contributed by atoms with Gasteiger partial charge in [0.2, 0.25) is 5.88 Å². The molecule has 0 amide bonds. The lowest BCUT2D eigenvalue weighted by Gasteiger charge is -2.13. The lowest BCUT2D eigenvalue weighted by atomic mass is 10.00. The summed E-state index contributed by atoms with van der Waals surface area (Å²) < 4.78 is 13.4. The van der Waals surface area contributed by atoms with E-state index < -0.39 is 0 Å². The molecular formula is C21H29N3O3. The SMILES string of the molecule is C/C=C/COc1cc(C)c(CCOc2cc(/C(C)=N/OC)nn2C)c(C)c1. The maximum Gasteiger partial charge on any atom is 0.212 e. The predicted octanol–water partition coefficient (Wildman–Crippen LogP) is 3.98. The summed E-state index contributed by atoms with van der Waals surface area (Å²) in [4.78, 5) is 4.80. The monoisotopic (exact) mass is 371 g/mol. The van der Waals surface area contributed by atoms with Crippen LogP contribution in [0, 0.1) is 13.8 Å². The number of hydrogen-bond donors (Lipinski definition) is 0. The molecule has 2 aromatic rings. The Morgan fingerprint density at radius 1 is 1.19 bits per heavy atom. The second-order valence-corrected chi connectivity index (χ2v) is 6.36. The molecule has 1 heterocycles. The van der Waals surface area contributed by atoms with E-state index >= 15 is 0 Å². The summed E-state index contributed by atoms with van der Waals surface area (Å²) in [6, 6.07) is 6.03. The maximum atomic E-state index is 5.93. The third-order valence-corrected chi connectivity index (χ3v) is 4.29. The molecule has 0 radical (unpaired) electrons. The van der Waals surface area contributed by atoms with Crippen LogP contribution >= 0.6 is 0 Å². The molecule has 0 N–H and O–H groups in total. The highest BCUT2D eigenvalue weighted by atomic mass is 16.6. The molecular weight excluding hydrogens is 342 g/mol. The second-order valence-electron chi connectivity index (χ2n) is 6.36. The molecule has 6 heteroatoms. The van der Waals surface area contributed by atoms with E-state index in [-0.39, 0.29) is 0 Å². The Morgan fingerprint density at radius 3 is 2.52 bits per heavy atom. The molecule has 1 aromatic carbocycles. The van der Waals surface area contributed by atoms with Gasteiger partial charge in [0.05, 0.1) is 6.61 Å². The number of aromatic nitrogens is 2. The molecule has 0 saturated carbocycles. The Bertz CT molecular complexity index is 799. The molecule has 0 spiro atoms. The van der Waals surface area contributed by atoms with Crippen molar-refractivity contribution in [3.63, 3.8) is 0 Å². The number of hydrogen-bond acceptors (Lipinski definition) is 5. The fourth-order valence-electron chi connectivity index (χ4n) is 2.88. The summed E-state index contributed by atoms with van der Waals surface area (Å²) in [5, 5.41) is 8.30. The van der Waals surface area contributed by atoms with E-state index in [0.29, 0.717) is 24.8 Å². The van der Waals surface area contributed by atoms with Gasteiger partial charge in [-0.15, -0.1) is 0 Å². The fourth-order valence-corrected chi connectivity index (χ4v) is 2.88. The summed E-state index contributed by atoms with van der Waals surface area (Å²) >= 11 is 0.